The SMILES string of the molecule is NCc1ccc(OCc2ccc(F)cc2Br)c(Br)c1. The highest BCUT2D eigenvalue weighted by Crippen LogP contribution is 2.27. The van der Waals surface area contributed by atoms with Gasteiger partial charge in [0.15, 0.2) is 0 Å². The van der Waals surface area contributed by atoms with Crippen LogP contribution in [0.15, 0.2) is 45.3 Å². The molecule has 0 saturated heterocycles. The standard InChI is InChI=1S/C14H12Br2FNO/c15-12-6-11(17)3-2-10(12)8-19-14-4-1-9(7-18)5-13(14)16/h1-6H,7-8,18H2. The van der Waals surface area contributed by atoms with Crippen molar-refractivity contribution in [1.29, 1.82) is 0 Å². The van der Waals surface area contributed by atoms with Crippen LogP contribution in [-0.2, 0) is 13.2 Å². The fourth-order valence-electron chi connectivity index (χ4n) is 1.58. The largest absolute Gasteiger partial charge is 0.488 e. The summed E-state index contributed by atoms with van der Waals surface area (Å²) in [5.74, 6) is 0.456. The molecule has 19 heavy (non-hydrogen) atoms. The molecule has 0 bridgehead atoms. The average molecular weight is 389 g/mol. The molecule has 2 N–H and O–H groups in total. The Hall–Kier alpha value is -0.910. The van der Waals surface area contributed by atoms with Gasteiger partial charge in [-0.2, -0.15) is 0 Å². The molecule has 0 saturated carbocycles. The van der Waals surface area contributed by atoms with Crippen molar-refractivity contribution in [2.45, 2.75) is 13.2 Å². The first-order valence-electron chi connectivity index (χ1n) is 5.65. The fraction of sp³-hybridized carbons (Fsp3) is 0.143. The van der Waals surface area contributed by atoms with E-state index in [2.05, 4.69) is 31.9 Å². The maximum Gasteiger partial charge on any atom is 0.134 e. The van der Waals surface area contributed by atoms with Gasteiger partial charge in [0.1, 0.15) is 18.2 Å². The number of ether oxygens (including phenoxy) is 1. The highest BCUT2D eigenvalue weighted by molar-refractivity contribution is 9.10. The third-order valence-electron chi connectivity index (χ3n) is 2.63. The van der Waals surface area contributed by atoms with Crippen molar-refractivity contribution in [1.82, 2.24) is 0 Å². The molecule has 0 fully saturated rings. The molecule has 0 aromatic heterocycles. The lowest BCUT2D eigenvalue weighted by atomic mass is 10.2. The van der Waals surface area contributed by atoms with E-state index in [4.69, 9.17) is 10.5 Å². The molecule has 5 heteroatoms. The molecular formula is C14H12Br2FNO. The van der Waals surface area contributed by atoms with Crippen LogP contribution in [0.2, 0.25) is 0 Å². The molecule has 0 atom stereocenters. The maximum atomic E-state index is 13.0. The van der Waals surface area contributed by atoms with Gasteiger partial charge >= 0.3 is 0 Å². The average Bonchev–Trinajstić information content (AvgIpc) is 2.39. The van der Waals surface area contributed by atoms with Crippen molar-refractivity contribution in [2.75, 3.05) is 0 Å². The third-order valence-corrected chi connectivity index (χ3v) is 3.99. The third kappa shape index (κ3) is 3.78. The van der Waals surface area contributed by atoms with Gasteiger partial charge in [0.25, 0.3) is 0 Å². The van der Waals surface area contributed by atoms with E-state index in [0.29, 0.717) is 17.6 Å². The van der Waals surface area contributed by atoms with Gasteiger partial charge in [-0.15, -0.1) is 0 Å². The summed E-state index contributed by atoms with van der Waals surface area (Å²) in [4.78, 5) is 0. The Labute approximate surface area is 128 Å². The van der Waals surface area contributed by atoms with Crippen LogP contribution in [-0.4, -0.2) is 0 Å². The zero-order valence-electron chi connectivity index (χ0n) is 10.00. The normalized spacial score (nSPS) is 10.5. The van der Waals surface area contributed by atoms with Crippen molar-refractivity contribution in [3.8, 4) is 5.75 Å². The summed E-state index contributed by atoms with van der Waals surface area (Å²) in [6.07, 6.45) is 0. The summed E-state index contributed by atoms with van der Waals surface area (Å²) >= 11 is 6.75. The van der Waals surface area contributed by atoms with Crippen molar-refractivity contribution in [2.24, 2.45) is 5.73 Å². The molecule has 2 nitrogen and oxygen atoms in total. The number of rotatable bonds is 4. The topological polar surface area (TPSA) is 35.2 Å². The van der Waals surface area contributed by atoms with Crippen LogP contribution in [0.3, 0.4) is 0 Å². The minimum absolute atomic E-state index is 0.274. The van der Waals surface area contributed by atoms with Crippen molar-refractivity contribution in [3.05, 3.63) is 62.3 Å². The molecule has 0 amide bonds. The summed E-state index contributed by atoms with van der Waals surface area (Å²) in [7, 11) is 0. The molecule has 0 radical (unpaired) electrons. The molecule has 0 aliphatic carbocycles. The van der Waals surface area contributed by atoms with Gasteiger partial charge in [-0.25, -0.2) is 4.39 Å². The van der Waals surface area contributed by atoms with Gasteiger partial charge in [0.2, 0.25) is 0 Å². The van der Waals surface area contributed by atoms with Gasteiger partial charge in [-0.3, -0.25) is 0 Å². The number of hydrogen-bond acceptors (Lipinski definition) is 2. The van der Waals surface area contributed by atoms with Gasteiger partial charge in [-0.05, 0) is 45.8 Å². The van der Waals surface area contributed by atoms with Crippen LogP contribution >= 0.6 is 31.9 Å². The predicted octanol–water partition coefficient (Wildman–Crippen LogP) is 4.39. The predicted molar refractivity (Wildman–Crippen MR) is 80.5 cm³/mol. The van der Waals surface area contributed by atoms with Crippen LogP contribution in [0.4, 0.5) is 4.39 Å². The number of hydrogen-bond donors (Lipinski definition) is 1. The van der Waals surface area contributed by atoms with Crippen molar-refractivity contribution >= 4 is 31.9 Å². The Kier molecular flexibility index (Phi) is 4.96. The van der Waals surface area contributed by atoms with Gasteiger partial charge in [0.05, 0.1) is 4.47 Å². The van der Waals surface area contributed by atoms with E-state index < -0.39 is 0 Å². The second kappa shape index (κ2) is 6.50. The molecule has 2 rings (SSSR count). The zero-order chi connectivity index (χ0) is 13.8. The summed E-state index contributed by atoms with van der Waals surface area (Å²) in [5, 5.41) is 0. The van der Waals surface area contributed by atoms with Crippen LogP contribution in [0, 0.1) is 5.82 Å². The summed E-state index contributed by atoms with van der Waals surface area (Å²) in [6.45, 7) is 0.851. The molecule has 0 aliphatic heterocycles. The lowest BCUT2D eigenvalue weighted by Gasteiger charge is -2.10. The Morgan fingerprint density at radius 2 is 1.84 bits per heavy atom. The Bertz CT molecular complexity index is 590. The van der Waals surface area contributed by atoms with Crippen LogP contribution in [0.5, 0.6) is 5.75 Å². The Morgan fingerprint density at radius 1 is 1.05 bits per heavy atom. The lowest BCUT2D eigenvalue weighted by molar-refractivity contribution is 0.303. The number of benzene rings is 2. The number of nitrogens with two attached hydrogens (primary N) is 1. The molecule has 0 spiro atoms. The number of halogens is 3. The molecule has 2 aromatic carbocycles. The minimum atomic E-state index is -0.274. The van der Waals surface area contributed by atoms with E-state index >= 15 is 0 Å². The fourth-order valence-corrected chi connectivity index (χ4v) is 2.59. The van der Waals surface area contributed by atoms with Gasteiger partial charge < -0.3 is 10.5 Å². The Morgan fingerprint density at radius 3 is 2.47 bits per heavy atom. The van der Waals surface area contributed by atoms with Crippen LogP contribution in [0.1, 0.15) is 11.1 Å². The lowest BCUT2D eigenvalue weighted by Crippen LogP contribution is -1.99. The maximum absolute atomic E-state index is 13.0. The second-order valence-electron chi connectivity index (χ2n) is 3.99. The first-order valence-corrected chi connectivity index (χ1v) is 7.24. The Balaban J connectivity index is 2.10. The summed E-state index contributed by atoms with van der Waals surface area (Å²) in [6, 6.07) is 10.2. The molecular weight excluding hydrogens is 377 g/mol. The molecule has 0 unspecified atom stereocenters. The second-order valence-corrected chi connectivity index (χ2v) is 5.70. The molecule has 0 aliphatic rings. The van der Waals surface area contributed by atoms with Crippen LogP contribution in [0.25, 0.3) is 0 Å². The first-order chi connectivity index (χ1) is 9.10. The molecule has 2 aromatic rings. The van der Waals surface area contributed by atoms with Crippen molar-refractivity contribution < 1.29 is 9.13 Å². The van der Waals surface area contributed by atoms with Gasteiger partial charge in [-0.1, -0.05) is 28.1 Å². The van der Waals surface area contributed by atoms with Crippen LogP contribution < -0.4 is 10.5 Å². The highest BCUT2D eigenvalue weighted by Gasteiger charge is 2.05. The molecule has 0 heterocycles. The zero-order valence-corrected chi connectivity index (χ0v) is 13.2. The van der Waals surface area contributed by atoms with Crippen molar-refractivity contribution in [3.63, 3.8) is 0 Å². The quantitative estimate of drug-likeness (QED) is 0.842. The minimum Gasteiger partial charge on any atom is -0.488 e. The first kappa shape index (κ1) is 14.5. The van der Waals surface area contributed by atoms with Gasteiger partial charge in [0, 0.05) is 16.6 Å². The van der Waals surface area contributed by atoms with E-state index in [0.717, 1.165) is 21.3 Å². The highest BCUT2D eigenvalue weighted by atomic mass is 79.9. The van der Waals surface area contributed by atoms with E-state index in [-0.39, 0.29) is 5.82 Å². The van der Waals surface area contributed by atoms with E-state index in [9.17, 15) is 4.39 Å². The van der Waals surface area contributed by atoms with E-state index in [1.807, 2.05) is 18.2 Å². The summed E-state index contributed by atoms with van der Waals surface area (Å²) in [5.41, 5.74) is 7.48. The monoisotopic (exact) mass is 387 g/mol. The van der Waals surface area contributed by atoms with E-state index in [1.54, 1.807) is 6.07 Å². The smallest absolute Gasteiger partial charge is 0.134 e. The van der Waals surface area contributed by atoms with E-state index in [1.165, 1.54) is 12.1 Å². The summed E-state index contributed by atoms with van der Waals surface area (Å²) < 4.78 is 20.2. The molecule has 100 valence electrons.